The van der Waals surface area contributed by atoms with Crippen LogP contribution in [0.1, 0.15) is 46.5 Å². The van der Waals surface area contributed by atoms with Gasteiger partial charge < -0.3 is 0 Å². The molecule has 0 aromatic rings. The summed E-state index contributed by atoms with van der Waals surface area (Å²) in [4.78, 5) is 0. The van der Waals surface area contributed by atoms with Gasteiger partial charge in [0.15, 0.2) is 0 Å². The SMILES string of the molecule is C=C(C)CC(C)CCCC. The first-order valence-electron chi connectivity index (χ1n) is 4.31. The second kappa shape index (κ2) is 5.52. The van der Waals surface area contributed by atoms with Crippen LogP contribution < -0.4 is 0 Å². The van der Waals surface area contributed by atoms with Gasteiger partial charge in [-0.2, -0.15) is 0 Å². The highest BCUT2D eigenvalue weighted by Crippen LogP contribution is 2.15. The van der Waals surface area contributed by atoms with Crippen molar-refractivity contribution in [2.75, 3.05) is 0 Å². The monoisotopic (exact) mass is 140 g/mol. The third-order valence-electron chi connectivity index (χ3n) is 1.75. The minimum atomic E-state index is 0.845. The first kappa shape index (κ1) is 9.74. The zero-order chi connectivity index (χ0) is 7.98. The summed E-state index contributed by atoms with van der Waals surface area (Å²) >= 11 is 0. The van der Waals surface area contributed by atoms with Gasteiger partial charge in [0.2, 0.25) is 0 Å². The Labute approximate surface area is 65.3 Å². The summed E-state index contributed by atoms with van der Waals surface area (Å²) in [5.74, 6) is 0.845. The summed E-state index contributed by atoms with van der Waals surface area (Å²) in [5, 5.41) is 0. The molecule has 0 saturated heterocycles. The standard InChI is InChI=1S/C10H20/c1-5-6-7-10(4)8-9(2)3/h10H,2,5-8H2,1,3-4H3. The number of rotatable bonds is 5. The van der Waals surface area contributed by atoms with Gasteiger partial charge in [-0.05, 0) is 19.3 Å². The summed E-state index contributed by atoms with van der Waals surface area (Å²) in [6.45, 7) is 10.6. The molecule has 0 bridgehead atoms. The maximum Gasteiger partial charge on any atom is -0.0300 e. The molecule has 0 amide bonds. The van der Waals surface area contributed by atoms with Crippen LogP contribution in [0, 0.1) is 5.92 Å². The largest absolute Gasteiger partial charge is 0.100 e. The lowest BCUT2D eigenvalue weighted by molar-refractivity contribution is 0.502. The average Bonchev–Trinajstić information content (AvgIpc) is 1.82. The first-order valence-corrected chi connectivity index (χ1v) is 4.31. The molecule has 1 unspecified atom stereocenters. The molecule has 0 fully saturated rings. The highest BCUT2D eigenvalue weighted by atomic mass is 14.1. The van der Waals surface area contributed by atoms with Crippen LogP contribution in [-0.2, 0) is 0 Å². The van der Waals surface area contributed by atoms with Crippen molar-refractivity contribution in [1.82, 2.24) is 0 Å². The Bertz CT molecular complexity index is 92.2. The smallest absolute Gasteiger partial charge is 0.0300 e. The molecule has 1 atom stereocenters. The van der Waals surface area contributed by atoms with Crippen LogP contribution in [-0.4, -0.2) is 0 Å². The number of unbranched alkanes of at least 4 members (excludes halogenated alkanes) is 1. The van der Waals surface area contributed by atoms with E-state index in [0.717, 1.165) is 5.92 Å². The van der Waals surface area contributed by atoms with Gasteiger partial charge in [-0.15, -0.1) is 6.58 Å². The highest BCUT2D eigenvalue weighted by Gasteiger charge is 1.99. The van der Waals surface area contributed by atoms with E-state index in [9.17, 15) is 0 Å². The van der Waals surface area contributed by atoms with Gasteiger partial charge in [0.1, 0.15) is 0 Å². The normalized spacial score (nSPS) is 13.1. The lowest BCUT2D eigenvalue weighted by atomic mass is 9.97. The minimum absolute atomic E-state index is 0.845. The van der Waals surface area contributed by atoms with Crippen LogP contribution in [0.3, 0.4) is 0 Å². The molecule has 0 aliphatic rings. The number of hydrogen-bond acceptors (Lipinski definition) is 0. The lowest BCUT2D eigenvalue weighted by Gasteiger charge is -2.09. The Hall–Kier alpha value is -0.260. The van der Waals surface area contributed by atoms with Gasteiger partial charge in [-0.3, -0.25) is 0 Å². The quantitative estimate of drug-likeness (QED) is 0.510. The number of hydrogen-bond donors (Lipinski definition) is 0. The van der Waals surface area contributed by atoms with E-state index in [0.29, 0.717) is 0 Å². The fraction of sp³-hybridized carbons (Fsp3) is 0.800. The van der Waals surface area contributed by atoms with E-state index in [1.807, 2.05) is 0 Å². The van der Waals surface area contributed by atoms with Crippen molar-refractivity contribution in [2.24, 2.45) is 5.92 Å². The van der Waals surface area contributed by atoms with E-state index < -0.39 is 0 Å². The highest BCUT2D eigenvalue weighted by molar-refractivity contribution is 4.89. The second-order valence-corrected chi connectivity index (χ2v) is 3.41. The molecule has 0 N–H and O–H groups in total. The Morgan fingerprint density at radius 1 is 1.50 bits per heavy atom. The van der Waals surface area contributed by atoms with Crippen molar-refractivity contribution in [2.45, 2.75) is 46.5 Å². The van der Waals surface area contributed by atoms with Crippen molar-refractivity contribution < 1.29 is 0 Å². The summed E-state index contributed by atoms with van der Waals surface area (Å²) in [5.41, 5.74) is 1.32. The van der Waals surface area contributed by atoms with Crippen molar-refractivity contribution in [3.05, 3.63) is 12.2 Å². The molecule has 0 aromatic heterocycles. The average molecular weight is 140 g/mol. The Morgan fingerprint density at radius 3 is 2.50 bits per heavy atom. The fourth-order valence-corrected chi connectivity index (χ4v) is 1.25. The zero-order valence-electron chi connectivity index (χ0n) is 7.61. The van der Waals surface area contributed by atoms with E-state index in [-0.39, 0.29) is 0 Å². The first-order chi connectivity index (χ1) is 4.66. The molecule has 0 nitrogen and oxygen atoms in total. The lowest BCUT2D eigenvalue weighted by Crippen LogP contribution is -1.94. The molecule has 0 saturated carbocycles. The Morgan fingerprint density at radius 2 is 2.10 bits per heavy atom. The Kier molecular flexibility index (Phi) is 5.38. The van der Waals surface area contributed by atoms with E-state index in [2.05, 4.69) is 27.4 Å². The predicted octanol–water partition coefficient (Wildman–Crippen LogP) is 3.78. The van der Waals surface area contributed by atoms with E-state index in [4.69, 9.17) is 0 Å². The summed E-state index contributed by atoms with van der Waals surface area (Å²) < 4.78 is 0. The van der Waals surface area contributed by atoms with Gasteiger partial charge in [0, 0.05) is 0 Å². The van der Waals surface area contributed by atoms with E-state index in [1.54, 1.807) is 0 Å². The zero-order valence-corrected chi connectivity index (χ0v) is 7.61. The molecule has 0 heterocycles. The molecule has 0 aliphatic heterocycles. The maximum atomic E-state index is 3.90. The third-order valence-corrected chi connectivity index (χ3v) is 1.75. The van der Waals surface area contributed by atoms with Crippen molar-refractivity contribution in [3.63, 3.8) is 0 Å². The summed E-state index contributed by atoms with van der Waals surface area (Å²) in [7, 11) is 0. The molecule has 60 valence electrons. The molecule has 0 aromatic carbocycles. The molecule has 0 aliphatic carbocycles. The van der Waals surface area contributed by atoms with Gasteiger partial charge in [-0.25, -0.2) is 0 Å². The van der Waals surface area contributed by atoms with Crippen LogP contribution >= 0.6 is 0 Å². The van der Waals surface area contributed by atoms with Crippen LogP contribution in [0.15, 0.2) is 12.2 Å². The molecule has 0 spiro atoms. The third kappa shape index (κ3) is 5.87. The Balaban J connectivity index is 3.25. The number of allylic oxidation sites excluding steroid dienone is 1. The van der Waals surface area contributed by atoms with Crippen LogP contribution in [0.2, 0.25) is 0 Å². The van der Waals surface area contributed by atoms with E-state index >= 15 is 0 Å². The van der Waals surface area contributed by atoms with Crippen molar-refractivity contribution in [1.29, 1.82) is 0 Å². The molecule has 0 heteroatoms. The molecule has 0 rings (SSSR count). The molecular formula is C10H20. The van der Waals surface area contributed by atoms with Crippen molar-refractivity contribution >= 4 is 0 Å². The van der Waals surface area contributed by atoms with Gasteiger partial charge in [0.25, 0.3) is 0 Å². The van der Waals surface area contributed by atoms with Gasteiger partial charge >= 0.3 is 0 Å². The van der Waals surface area contributed by atoms with Crippen molar-refractivity contribution in [3.8, 4) is 0 Å². The molecule has 10 heavy (non-hydrogen) atoms. The second-order valence-electron chi connectivity index (χ2n) is 3.41. The van der Waals surface area contributed by atoms with Gasteiger partial charge in [-0.1, -0.05) is 38.7 Å². The minimum Gasteiger partial charge on any atom is -0.100 e. The van der Waals surface area contributed by atoms with Crippen LogP contribution in [0.25, 0.3) is 0 Å². The van der Waals surface area contributed by atoms with Crippen LogP contribution in [0.5, 0.6) is 0 Å². The summed E-state index contributed by atoms with van der Waals surface area (Å²) in [6.07, 6.45) is 5.26. The van der Waals surface area contributed by atoms with Crippen LogP contribution in [0.4, 0.5) is 0 Å². The molecule has 0 radical (unpaired) electrons. The fourth-order valence-electron chi connectivity index (χ4n) is 1.25. The topological polar surface area (TPSA) is 0 Å². The van der Waals surface area contributed by atoms with Gasteiger partial charge in [0.05, 0.1) is 0 Å². The molecular weight excluding hydrogens is 120 g/mol. The van der Waals surface area contributed by atoms with E-state index in [1.165, 1.54) is 31.3 Å². The maximum absolute atomic E-state index is 3.90. The predicted molar refractivity (Wildman–Crippen MR) is 48.1 cm³/mol. The summed E-state index contributed by atoms with van der Waals surface area (Å²) in [6, 6.07) is 0.